The summed E-state index contributed by atoms with van der Waals surface area (Å²) in [6.45, 7) is 9.72. The molecular weight excluding hydrogens is 184 g/mol. The van der Waals surface area contributed by atoms with Gasteiger partial charge in [0, 0.05) is 32.7 Å². The van der Waals surface area contributed by atoms with Crippen molar-refractivity contribution < 1.29 is 0 Å². The molecule has 1 fully saturated rings. The summed E-state index contributed by atoms with van der Waals surface area (Å²) in [5.74, 6) is 0. The molecule has 1 aromatic rings. The van der Waals surface area contributed by atoms with Gasteiger partial charge in [-0.05, 0) is 25.1 Å². The van der Waals surface area contributed by atoms with Gasteiger partial charge in [0.1, 0.15) is 0 Å². The fourth-order valence-corrected chi connectivity index (χ4v) is 1.91. The van der Waals surface area contributed by atoms with Gasteiger partial charge < -0.3 is 4.90 Å². The van der Waals surface area contributed by atoms with E-state index in [0.717, 1.165) is 12.1 Å². The molecule has 2 heteroatoms. The van der Waals surface area contributed by atoms with Crippen molar-refractivity contribution in [1.29, 1.82) is 0 Å². The van der Waals surface area contributed by atoms with Crippen molar-refractivity contribution in [2.24, 2.45) is 0 Å². The second kappa shape index (κ2) is 4.77. The zero-order valence-electron chi connectivity index (χ0n) is 9.45. The number of benzene rings is 1. The minimum Gasteiger partial charge on any atom is -0.304 e. The molecule has 0 unspecified atom stereocenters. The number of rotatable bonds is 2. The fourth-order valence-electron chi connectivity index (χ4n) is 1.91. The van der Waals surface area contributed by atoms with Crippen molar-refractivity contribution in [2.45, 2.75) is 6.54 Å². The van der Waals surface area contributed by atoms with Gasteiger partial charge in [-0.25, -0.2) is 0 Å². The normalized spacial score (nSPS) is 19.3. The average Bonchev–Trinajstić information content (AvgIpc) is 2.25. The number of likely N-dealkylation sites (N-methyl/N-ethyl adjacent to an activating group) is 1. The Bertz CT molecular complexity index is 297. The molecule has 0 amide bonds. The number of hydrogen-bond donors (Lipinski definition) is 0. The van der Waals surface area contributed by atoms with Crippen LogP contribution in [-0.4, -0.2) is 43.0 Å². The second-order valence-electron chi connectivity index (χ2n) is 4.40. The van der Waals surface area contributed by atoms with E-state index in [1.807, 2.05) is 0 Å². The highest BCUT2D eigenvalue weighted by atomic mass is 15.2. The Kier molecular flexibility index (Phi) is 3.39. The molecule has 0 spiro atoms. The molecule has 1 aliphatic heterocycles. The van der Waals surface area contributed by atoms with E-state index in [-0.39, 0.29) is 0 Å². The Labute approximate surface area is 92.5 Å². The van der Waals surface area contributed by atoms with Crippen LogP contribution in [0.3, 0.4) is 0 Å². The molecule has 0 atom stereocenters. The van der Waals surface area contributed by atoms with E-state index in [1.54, 1.807) is 0 Å². The molecule has 1 aliphatic rings. The van der Waals surface area contributed by atoms with Crippen LogP contribution in [0.1, 0.15) is 11.1 Å². The van der Waals surface area contributed by atoms with Gasteiger partial charge >= 0.3 is 0 Å². The molecule has 2 nitrogen and oxygen atoms in total. The van der Waals surface area contributed by atoms with E-state index in [9.17, 15) is 0 Å². The summed E-state index contributed by atoms with van der Waals surface area (Å²) >= 11 is 0. The first kappa shape index (κ1) is 10.7. The van der Waals surface area contributed by atoms with Gasteiger partial charge in [0.05, 0.1) is 0 Å². The van der Waals surface area contributed by atoms with Crippen LogP contribution in [0.2, 0.25) is 0 Å². The van der Waals surface area contributed by atoms with Crippen LogP contribution in [0, 0.1) is 6.92 Å². The monoisotopic (exact) mass is 203 g/mol. The number of nitrogens with zero attached hydrogens (tertiary/aromatic N) is 2. The molecule has 0 aliphatic carbocycles. The van der Waals surface area contributed by atoms with E-state index in [0.29, 0.717) is 0 Å². The largest absolute Gasteiger partial charge is 0.304 e. The average molecular weight is 203 g/mol. The predicted molar refractivity (Wildman–Crippen MR) is 63.7 cm³/mol. The third-order valence-corrected chi connectivity index (χ3v) is 3.03. The van der Waals surface area contributed by atoms with Crippen LogP contribution < -0.4 is 0 Å². The lowest BCUT2D eigenvalue weighted by Crippen LogP contribution is -2.43. The van der Waals surface area contributed by atoms with Crippen LogP contribution >= 0.6 is 0 Å². The molecule has 1 heterocycles. The van der Waals surface area contributed by atoms with E-state index in [2.05, 4.69) is 48.0 Å². The van der Waals surface area contributed by atoms with Crippen molar-refractivity contribution in [3.8, 4) is 0 Å². The number of piperazine rings is 1. The number of hydrogen-bond acceptors (Lipinski definition) is 2. The van der Waals surface area contributed by atoms with Crippen LogP contribution in [0.25, 0.3) is 0 Å². The van der Waals surface area contributed by atoms with Gasteiger partial charge in [-0.15, -0.1) is 0 Å². The summed E-state index contributed by atoms with van der Waals surface area (Å²) in [4.78, 5) is 4.90. The molecule has 0 saturated carbocycles. The highest BCUT2D eigenvalue weighted by Crippen LogP contribution is 2.08. The second-order valence-corrected chi connectivity index (χ2v) is 4.40. The van der Waals surface area contributed by atoms with Crippen molar-refractivity contribution in [2.75, 3.05) is 33.2 Å². The van der Waals surface area contributed by atoms with Crippen LogP contribution in [0.4, 0.5) is 0 Å². The summed E-state index contributed by atoms with van der Waals surface area (Å²) in [6.07, 6.45) is 0. The van der Waals surface area contributed by atoms with Crippen LogP contribution in [-0.2, 0) is 6.54 Å². The van der Waals surface area contributed by atoms with E-state index in [1.165, 1.54) is 31.7 Å². The zero-order valence-corrected chi connectivity index (χ0v) is 9.45. The van der Waals surface area contributed by atoms with Gasteiger partial charge in [0.2, 0.25) is 0 Å². The van der Waals surface area contributed by atoms with E-state index in [4.69, 9.17) is 0 Å². The summed E-state index contributed by atoms with van der Waals surface area (Å²) in [5.41, 5.74) is 2.49. The predicted octanol–water partition coefficient (Wildman–Crippen LogP) is 1.62. The van der Waals surface area contributed by atoms with E-state index < -0.39 is 0 Å². The van der Waals surface area contributed by atoms with Gasteiger partial charge in [-0.1, -0.05) is 24.3 Å². The first-order valence-electron chi connectivity index (χ1n) is 5.56. The van der Waals surface area contributed by atoms with Crippen molar-refractivity contribution in [3.63, 3.8) is 0 Å². The highest BCUT2D eigenvalue weighted by Gasteiger charge is 2.13. The Morgan fingerprint density at radius 2 is 1.67 bits per heavy atom. The highest BCUT2D eigenvalue weighted by molar-refractivity contribution is 5.24. The Balaban J connectivity index is 1.89. The summed E-state index contributed by atoms with van der Waals surface area (Å²) < 4.78 is 0. The topological polar surface area (TPSA) is 6.48 Å². The summed E-state index contributed by atoms with van der Waals surface area (Å²) in [6, 6.07) is 8.54. The molecule has 0 aromatic heterocycles. The smallest absolute Gasteiger partial charge is 0.0234 e. The zero-order chi connectivity index (χ0) is 10.7. The maximum absolute atomic E-state index is 3.90. The Morgan fingerprint density at radius 1 is 1.07 bits per heavy atom. The maximum Gasteiger partial charge on any atom is 0.0234 e. The van der Waals surface area contributed by atoms with Crippen LogP contribution in [0.5, 0.6) is 0 Å². The van der Waals surface area contributed by atoms with Crippen molar-refractivity contribution >= 4 is 0 Å². The molecule has 1 saturated heterocycles. The lowest BCUT2D eigenvalue weighted by molar-refractivity contribution is 0.148. The van der Waals surface area contributed by atoms with Crippen LogP contribution in [0.15, 0.2) is 24.3 Å². The first-order chi connectivity index (χ1) is 7.24. The molecule has 2 rings (SSSR count). The lowest BCUT2D eigenvalue weighted by atomic mass is 10.1. The quantitative estimate of drug-likeness (QED) is 0.720. The molecule has 0 bridgehead atoms. The van der Waals surface area contributed by atoms with Gasteiger partial charge in [-0.3, -0.25) is 4.90 Å². The maximum atomic E-state index is 3.90. The summed E-state index contributed by atoms with van der Waals surface area (Å²) in [5, 5.41) is 0. The summed E-state index contributed by atoms with van der Waals surface area (Å²) in [7, 11) is 2.19. The Hall–Kier alpha value is -0.860. The molecule has 1 aromatic carbocycles. The SMILES string of the molecule is [CH2]c1ccc(CN2CCN(C)CC2)cc1. The minimum absolute atomic E-state index is 1.08. The minimum atomic E-state index is 1.08. The lowest BCUT2D eigenvalue weighted by Gasteiger charge is -2.32. The van der Waals surface area contributed by atoms with Crippen molar-refractivity contribution in [3.05, 3.63) is 42.3 Å². The van der Waals surface area contributed by atoms with E-state index >= 15 is 0 Å². The third kappa shape index (κ3) is 3.05. The standard InChI is InChI=1S/C13H19N2/c1-12-3-5-13(6-4-12)11-15-9-7-14(2)8-10-15/h3-6H,1,7-11H2,2H3. The third-order valence-electron chi connectivity index (χ3n) is 3.03. The molecule has 15 heavy (non-hydrogen) atoms. The Morgan fingerprint density at radius 3 is 2.27 bits per heavy atom. The van der Waals surface area contributed by atoms with Gasteiger partial charge in [0.15, 0.2) is 0 Å². The molecule has 81 valence electrons. The fraction of sp³-hybridized carbons (Fsp3) is 0.462. The van der Waals surface area contributed by atoms with Crippen molar-refractivity contribution in [1.82, 2.24) is 9.80 Å². The van der Waals surface area contributed by atoms with Gasteiger partial charge in [-0.2, -0.15) is 0 Å². The molecule has 0 N–H and O–H groups in total. The molecule has 1 radical (unpaired) electrons. The first-order valence-corrected chi connectivity index (χ1v) is 5.56. The van der Waals surface area contributed by atoms with Gasteiger partial charge in [0.25, 0.3) is 0 Å². The molecular formula is C13H19N2.